The third-order valence-electron chi connectivity index (χ3n) is 7.91. The number of aromatic amines is 6. The number of ketones is 2. The van der Waals surface area contributed by atoms with Crippen molar-refractivity contribution in [1.82, 2.24) is 50.5 Å². The molecule has 2 aliphatic heterocycles. The van der Waals surface area contributed by atoms with E-state index in [0.717, 1.165) is 0 Å². The monoisotopic (exact) mass is 1580 g/mol. The second-order valence-corrected chi connectivity index (χ2v) is 23.8. The number of alkyl halides is 6. The van der Waals surface area contributed by atoms with Crippen molar-refractivity contribution in [3.8, 4) is 0 Å². The van der Waals surface area contributed by atoms with Gasteiger partial charge in [-0.1, -0.05) is 73.7 Å². The van der Waals surface area contributed by atoms with Gasteiger partial charge in [-0.3, -0.25) is 71.9 Å². The summed E-state index contributed by atoms with van der Waals surface area (Å²) in [6, 6.07) is 5.42. The quantitative estimate of drug-likeness (QED) is 0.0184. The third kappa shape index (κ3) is 58.3. The van der Waals surface area contributed by atoms with Crippen molar-refractivity contribution in [2.45, 2.75) is 86.2 Å². The molecule has 2 amide bonds. The molecule has 526 valence electrons. The molecule has 0 aromatic carbocycles. The van der Waals surface area contributed by atoms with Crippen molar-refractivity contribution < 1.29 is 64.4 Å². The first-order chi connectivity index (χ1) is 41.6. The Kier molecular flexibility index (Phi) is 57.9. The molecule has 48 heteroatoms. The summed E-state index contributed by atoms with van der Waals surface area (Å²) in [5.41, 5.74) is 2.26. The third-order valence-corrected chi connectivity index (χ3v) is 13.3. The van der Waals surface area contributed by atoms with E-state index in [1.807, 2.05) is 23.8 Å². The molecule has 2 unspecified atom stereocenters. The molecule has 6 rings (SSSR count). The minimum Gasteiger partial charge on any atom is -0.379 e. The number of hydrogen-bond donors (Lipinski definition) is 16. The molecule has 6 heterocycles. The highest BCUT2D eigenvalue weighted by atomic mass is 35.5. The number of aliphatic imine (C=N–C) groups is 2. The average molecular weight is 1580 g/mol. The molecule has 34 nitrogen and oxygen atoms in total. The summed E-state index contributed by atoms with van der Waals surface area (Å²) < 4.78 is 63.2. The Morgan fingerprint density at radius 1 is 0.576 bits per heavy atom. The second kappa shape index (κ2) is 53.9. The van der Waals surface area contributed by atoms with E-state index in [9.17, 15) is 58.2 Å². The number of carbonyl (C=O) groups excluding carboxylic acids is 4. The fourth-order valence-corrected chi connectivity index (χ4v) is 7.73. The van der Waals surface area contributed by atoms with Gasteiger partial charge in [-0.15, -0.1) is 69.6 Å². The number of amidine groups is 3. The largest absolute Gasteiger partial charge is 0.394 e. The van der Waals surface area contributed by atoms with Crippen LogP contribution in [0.2, 0.25) is 0 Å². The number of thioether (sulfide) groups is 6. The summed E-state index contributed by atoms with van der Waals surface area (Å²) in [6.45, 7) is 1.37. The van der Waals surface area contributed by atoms with Crippen LogP contribution in [-0.4, -0.2) is 191 Å². The maximum Gasteiger partial charge on any atom is 0.394 e. The van der Waals surface area contributed by atoms with Gasteiger partial charge in [0.05, 0.1) is 65.9 Å². The van der Waals surface area contributed by atoms with E-state index in [4.69, 9.17) is 116 Å². The van der Waals surface area contributed by atoms with Crippen LogP contribution >= 0.6 is 140 Å². The fourth-order valence-electron chi connectivity index (χ4n) is 4.67. The number of nitrogens with one attached hydrogen (secondary N) is 9. The van der Waals surface area contributed by atoms with E-state index in [1.54, 1.807) is 30.5 Å². The molecule has 17 N–H and O–H groups in total. The minimum absolute atomic E-state index is 0. The van der Waals surface area contributed by atoms with Gasteiger partial charge >= 0.3 is 32.2 Å². The normalized spacial score (nSPS) is 14.8. The summed E-state index contributed by atoms with van der Waals surface area (Å²) in [6.07, 6.45) is 10.7. The first-order valence-corrected chi connectivity index (χ1v) is 36.5. The summed E-state index contributed by atoms with van der Waals surface area (Å²) in [5, 5.41) is 32.8. The number of rotatable bonds is 12. The predicted molar refractivity (Wildman–Crippen MR) is 372 cm³/mol. The van der Waals surface area contributed by atoms with Crippen molar-refractivity contribution in [1.29, 1.82) is 5.41 Å². The predicted octanol–water partition coefficient (Wildman–Crippen LogP) is 3.48. The van der Waals surface area contributed by atoms with Crippen LogP contribution in [0.4, 0.5) is 0 Å². The standard InChI is InChI=1S/2C6H9ClN2O2S.2C6H7ClN2OS.C6H8N2O2S.C5H5ClN2O2.C5H7ClO2.C2H6N2S.2CH4.2H2O4S/c2*1-12-5-8-4(10)2-6(11,3-7)9-5;2*1-11-6-8-4(3-7)2-5(10)9-6;1-11-3-4-2-5(9)8-6(10)7-4;6-2-3-1-4(9)8-5(10)7-3;1-4(7)2-5(8)3-6;1-5-2(3)4;;;2*1-5(2,3)4/h2*11H,2-3H2,1H3,(H,8,9,10);2*2H,3H2,1H3,(H,8,9,10);2H,3H2,1H3,(H2,7,8,9,10);1H,2H2,(H2,7,8,9,10);2-3H2,1H3;1H3,(H3,3,4);2*1H4;2*(H2,1,2,3,4). The van der Waals surface area contributed by atoms with E-state index in [1.165, 1.54) is 90.0 Å². The van der Waals surface area contributed by atoms with Crippen LogP contribution in [0.5, 0.6) is 0 Å². The zero-order valence-corrected chi connectivity index (χ0v) is 58.7. The summed E-state index contributed by atoms with van der Waals surface area (Å²) in [7, 11) is -9.33. The van der Waals surface area contributed by atoms with E-state index in [-0.39, 0.29) is 115 Å². The van der Waals surface area contributed by atoms with Crippen LogP contribution in [0, 0.1) is 5.41 Å². The SMILES string of the molecule is C.C.CC(=O)CC(=O)CCl.CSC(=N)N.CSC1=NC(O)(CCl)CC(=O)N1.CSC1=NC(O)(CCl)CC(=O)N1.CSCc1cc(=O)[nH]c(=O)[nH]1.CSc1nc(CCl)cc(=O)[nH]1.CSc1nc(CCl)cc(=O)[nH]1.O=S(=O)(O)O.O=S(=O)(O)O.O=c1cc(CCl)[nH]c(=O)[nH]1. The van der Waals surface area contributed by atoms with Crippen molar-refractivity contribution in [3.63, 3.8) is 0 Å². The maximum absolute atomic E-state index is 11.0. The highest BCUT2D eigenvalue weighted by Gasteiger charge is 2.34. The molecule has 0 saturated carbocycles. The van der Waals surface area contributed by atoms with Gasteiger partial charge in [-0.25, -0.2) is 29.5 Å². The highest BCUT2D eigenvalue weighted by Crippen LogP contribution is 2.21. The molecule has 0 aliphatic carbocycles. The molecule has 2 atom stereocenters. The van der Waals surface area contributed by atoms with Crippen molar-refractivity contribution >= 4 is 200 Å². The van der Waals surface area contributed by atoms with Crippen molar-refractivity contribution in [2.24, 2.45) is 15.7 Å². The van der Waals surface area contributed by atoms with Crippen LogP contribution in [0.15, 0.2) is 73.3 Å². The number of H-pyrrole nitrogens is 6. The van der Waals surface area contributed by atoms with Gasteiger partial charge in [0.1, 0.15) is 5.78 Å². The van der Waals surface area contributed by atoms with E-state index < -0.39 is 49.2 Å². The topological polar surface area (TPSA) is 580 Å². The lowest BCUT2D eigenvalue weighted by Crippen LogP contribution is -2.45. The fraction of sp³-hybridized carbons (Fsp3) is 0.477. The van der Waals surface area contributed by atoms with Gasteiger partial charge < -0.3 is 46.5 Å². The number of amides is 2. The second-order valence-electron chi connectivity index (χ2n) is 15.5. The number of aliphatic hydroxyl groups is 2. The van der Waals surface area contributed by atoms with Crippen LogP contribution in [0.3, 0.4) is 0 Å². The van der Waals surface area contributed by atoms with Gasteiger partial charge in [0, 0.05) is 41.4 Å². The molecule has 4 aromatic heterocycles. The van der Waals surface area contributed by atoms with Crippen LogP contribution in [0.25, 0.3) is 0 Å². The van der Waals surface area contributed by atoms with Crippen molar-refractivity contribution in [3.05, 3.63) is 109 Å². The maximum atomic E-state index is 11.0. The van der Waals surface area contributed by atoms with E-state index in [2.05, 4.69) is 55.5 Å². The van der Waals surface area contributed by atoms with Crippen molar-refractivity contribution in [2.75, 3.05) is 55.2 Å². The lowest BCUT2D eigenvalue weighted by Gasteiger charge is -2.25. The molecule has 2 aliphatic rings. The van der Waals surface area contributed by atoms with Crippen LogP contribution < -0.4 is 50.0 Å². The highest BCUT2D eigenvalue weighted by molar-refractivity contribution is 8.13. The van der Waals surface area contributed by atoms with Gasteiger partial charge in [0.2, 0.25) is 11.8 Å². The Labute approximate surface area is 582 Å². The molecule has 0 bridgehead atoms. The minimum atomic E-state index is -4.67. The zero-order chi connectivity index (χ0) is 70.6. The number of hydrogen-bond acceptors (Lipinski definition) is 27. The molecule has 0 fully saturated rings. The Balaban J connectivity index is -0.000000226. The molecule has 4 aromatic rings. The molecule has 0 saturated heterocycles. The molecular formula is C44H70Cl6N14O20S8. The van der Waals surface area contributed by atoms with Gasteiger partial charge in [-0.05, 0) is 44.5 Å². The lowest BCUT2D eigenvalue weighted by molar-refractivity contribution is -0.125. The lowest BCUT2D eigenvalue weighted by atomic mass is 10.1. The summed E-state index contributed by atoms with van der Waals surface area (Å²) in [5.74, 6) is 0.312. The Bertz CT molecular complexity index is 3310. The number of nitrogens with two attached hydrogens (primary N) is 1. The number of Topliss-reactive ketones (excluding diaryl/α,β-unsaturated/α-hetero) is 2. The number of nitrogens with zero attached hydrogens (tertiary/aromatic N) is 4. The Hall–Kier alpha value is -4.29. The van der Waals surface area contributed by atoms with E-state index in [0.29, 0.717) is 49.2 Å². The van der Waals surface area contributed by atoms with Crippen LogP contribution in [0.1, 0.15) is 63.8 Å². The molecule has 92 heavy (non-hydrogen) atoms. The average Bonchev–Trinajstić information content (AvgIpc) is 1.23. The van der Waals surface area contributed by atoms with Gasteiger partial charge in [0.25, 0.3) is 22.2 Å². The molecular weight excluding hydrogens is 1510 g/mol. The van der Waals surface area contributed by atoms with Gasteiger partial charge in [-0.2, -0.15) is 28.6 Å². The van der Waals surface area contributed by atoms with Crippen LogP contribution in [-0.2, 0) is 63.4 Å². The first-order valence-electron chi connectivity index (χ1n) is 23.0. The number of halogens is 6. The number of carbonyl (C=O) groups is 4. The van der Waals surface area contributed by atoms with E-state index >= 15 is 0 Å². The first kappa shape index (κ1) is 98.8. The Morgan fingerprint density at radius 2 is 0.902 bits per heavy atom. The Morgan fingerprint density at radius 3 is 1.14 bits per heavy atom. The smallest absolute Gasteiger partial charge is 0.379 e. The molecule has 0 radical (unpaired) electrons. The summed E-state index contributed by atoms with van der Waals surface area (Å²) >= 11 is 40.5. The van der Waals surface area contributed by atoms with Gasteiger partial charge in [0.15, 0.2) is 43.0 Å². The number of aromatic nitrogens is 8. The summed E-state index contributed by atoms with van der Waals surface area (Å²) in [4.78, 5) is 136. The molecule has 0 spiro atoms. The zero-order valence-electron chi connectivity index (χ0n) is 47.7.